The van der Waals surface area contributed by atoms with E-state index >= 15 is 0 Å². The third-order valence-electron chi connectivity index (χ3n) is 3.99. The number of anilines is 1. The van der Waals surface area contributed by atoms with Gasteiger partial charge in [0.15, 0.2) is 11.2 Å². The van der Waals surface area contributed by atoms with Crippen molar-refractivity contribution in [3.05, 3.63) is 78.9 Å². The van der Waals surface area contributed by atoms with E-state index in [0.717, 1.165) is 21.7 Å². The summed E-state index contributed by atoms with van der Waals surface area (Å²) in [6.07, 6.45) is -0.633. The summed E-state index contributed by atoms with van der Waals surface area (Å²) in [5.41, 5.74) is 0.803. The second kappa shape index (κ2) is 8.10. The number of hydrogen-bond acceptors (Lipinski definition) is 5. The van der Waals surface area contributed by atoms with Crippen molar-refractivity contribution < 1.29 is 14.3 Å². The van der Waals surface area contributed by atoms with Crippen molar-refractivity contribution in [2.75, 3.05) is 5.32 Å². The number of ether oxygens (including phenoxy) is 2. The molecule has 4 aromatic rings. The number of thiazole rings is 1. The molecule has 1 unspecified atom stereocenters. The zero-order valence-electron chi connectivity index (χ0n) is 15.2. The summed E-state index contributed by atoms with van der Waals surface area (Å²) in [6, 6.07) is 24.5. The fourth-order valence-electron chi connectivity index (χ4n) is 2.61. The van der Waals surface area contributed by atoms with Gasteiger partial charge in [-0.1, -0.05) is 47.7 Å². The maximum atomic E-state index is 12.4. The standard InChI is InChI=1S/C22H18N2O3S/c1-15(26-16-8-4-2-5-9-16)21(25)24-22-23-19-13-12-18(14-20(19)28-22)27-17-10-6-3-7-11-17/h2-15H,1H3,(H,23,24,25). The number of para-hydroxylation sites is 2. The van der Waals surface area contributed by atoms with Crippen LogP contribution in [0.5, 0.6) is 17.2 Å². The third kappa shape index (κ3) is 4.29. The van der Waals surface area contributed by atoms with Gasteiger partial charge in [-0.25, -0.2) is 4.98 Å². The molecule has 0 fully saturated rings. The van der Waals surface area contributed by atoms with Crippen LogP contribution in [0.15, 0.2) is 78.9 Å². The minimum atomic E-state index is -0.633. The first kappa shape index (κ1) is 18.0. The van der Waals surface area contributed by atoms with Gasteiger partial charge in [0, 0.05) is 6.07 Å². The van der Waals surface area contributed by atoms with Gasteiger partial charge >= 0.3 is 0 Å². The summed E-state index contributed by atoms with van der Waals surface area (Å²) >= 11 is 1.40. The van der Waals surface area contributed by atoms with Gasteiger partial charge in [-0.15, -0.1) is 0 Å². The average Bonchev–Trinajstić information content (AvgIpc) is 3.11. The number of fused-ring (bicyclic) bond motifs is 1. The van der Waals surface area contributed by atoms with E-state index in [1.165, 1.54) is 11.3 Å². The molecule has 140 valence electrons. The highest BCUT2D eigenvalue weighted by Crippen LogP contribution is 2.31. The molecule has 1 amide bonds. The van der Waals surface area contributed by atoms with E-state index in [4.69, 9.17) is 9.47 Å². The largest absolute Gasteiger partial charge is 0.481 e. The van der Waals surface area contributed by atoms with Gasteiger partial charge in [-0.3, -0.25) is 10.1 Å². The quantitative estimate of drug-likeness (QED) is 0.473. The predicted molar refractivity (Wildman–Crippen MR) is 111 cm³/mol. The zero-order chi connectivity index (χ0) is 19.3. The number of nitrogens with one attached hydrogen (secondary N) is 1. The van der Waals surface area contributed by atoms with Crippen LogP contribution < -0.4 is 14.8 Å². The third-order valence-corrected chi connectivity index (χ3v) is 4.93. The molecular weight excluding hydrogens is 372 g/mol. The summed E-state index contributed by atoms with van der Waals surface area (Å²) in [5, 5.41) is 3.35. The molecular formula is C22H18N2O3S. The number of aromatic nitrogens is 1. The monoisotopic (exact) mass is 390 g/mol. The van der Waals surface area contributed by atoms with Crippen LogP contribution in [0.3, 0.4) is 0 Å². The van der Waals surface area contributed by atoms with Crippen LogP contribution >= 0.6 is 11.3 Å². The van der Waals surface area contributed by atoms with E-state index in [1.807, 2.05) is 78.9 Å². The van der Waals surface area contributed by atoms with E-state index in [1.54, 1.807) is 6.92 Å². The molecule has 3 aromatic carbocycles. The first-order chi connectivity index (χ1) is 13.7. The Labute approximate surface area is 166 Å². The molecule has 1 heterocycles. The molecule has 0 aliphatic rings. The molecule has 0 spiro atoms. The van der Waals surface area contributed by atoms with Gasteiger partial charge in [0.1, 0.15) is 17.2 Å². The Hall–Kier alpha value is -3.38. The van der Waals surface area contributed by atoms with Crippen molar-refractivity contribution in [2.45, 2.75) is 13.0 Å². The Morgan fingerprint density at radius 2 is 1.61 bits per heavy atom. The number of benzene rings is 3. The van der Waals surface area contributed by atoms with Gasteiger partial charge < -0.3 is 9.47 Å². The summed E-state index contributed by atoms with van der Waals surface area (Å²) in [5.74, 6) is 1.90. The van der Waals surface area contributed by atoms with Crippen LogP contribution in [0.25, 0.3) is 10.2 Å². The van der Waals surface area contributed by atoms with E-state index in [0.29, 0.717) is 10.9 Å². The van der Waals surface area contributed by atoms with Crippen LogP contribution in [-0.2, 0) is 4.79 Å². The SMILES string of the molecule is CC(Oc1ccccc1)C(=O)Nc1nc2ccc(Oc3ccccc3)cc2s1. The minimum Gasteiger partial charge on any atom is -0.481 e. The molecule has 1 atom stereocenters. The van der Waals surface area contributed by atoms with Crippen LogP contribution in [-0.4, -0.2) is 17.0 Å². The minimum absolute atomic E-state index is 0.247. The summed E-state index contributed by atoms with van der Waals surface area (Å²) in [6.45, 7) is 1.71. The van der Waals surface area contributed by atoms with Crippen LogP contribution in [0.4, 0.5) is 5.13 Å². The second-order valence-corrected chi connectivity index (χ2v) is 7.16. The van der Waals surface area contributed by atoms with Crippen molar-refractivity contribution >= 4 is 32.6 Å². The number of carbonyl (C=O) groups excluding carboxylic acids is 1. The lowest BCUT2D eigenvalue weighted by Crippen LogP contribution is -2.30. The highest BCUT2D eigenvalue weighted by atomic mass is 32.1. The van der Waals surface area contributed by atoms with Gasteiger partial charge in [0.2, 0.25) is 0 Å². The molecule has 0 radical (unpaired) electrons. The predicted octanol–water partition coefficient (Wildman–Crippen LogP) is 5.49. The van der Waals surface area contributed by atoms with E-state index in [-0.39, 0.29) is 5.91 Å². The van der Waals surface area contributed by atoms with Crippen LogP contribution in [0, 0.1) is 0 Å². The van der Waals surface area contributed by atoms with Crippen molar-refractivity contribution in [3.63, 3.8) is 0 Å². The molecule has 0 bridgehead atoms. The molecule has 1 N–H and O–H groups in total. The number of hydrogen-bond donors (Lipinski definition) is 1. The molecule has 5 nitrogen and oxygen atoms in total. The molecule has 0 aliphatic carbocycles. The van der Waals surface area contributed by atoms with E-state index < -0.39 is 6.10 Å². The van der Waals surface area contributed by atoms with Gasteiger partial charge in [-0.05, 0) is 43.3 Å². The number of amides is 1. The van der Waals surface area contributed by atoms with Crippen molar-refractivity contribution in [3.8, 4) is 17.2 Å². The Bertz CT molecular complexity index is 1080. The lowest BCUT2D eigenvalue weighted by atomic mass is 10.3. The Kier molecular flexibility index (Phi) is 5.21. The fraction of sp³-hybridized carbons (Fsp3) is 0.0909. The molecule has 1 aromatic heterocycles. The van der Waals surface area contributed by atoms with Gasteiger partial charge in [0.25, 0.3) is 5.91 Å². The van der Waals surface area contributed by atoms with Gasteiger partial charge in [-0.2, -0.15) is 0 Å². The van der Waals surface area contributed by atoms with Gasteiger partial charge in [0.05, 0.1) is 10.2 Å². The highest BCUT2D eigenvalue weighted by molar-refractivity contribution is 7.22. The average molecular weight is 390 g/mol. The first-order valence-electron chi connectivity index (χ1n) is 8.83. The van der Waals surface area contributed by atoms with E-state index in [9.17, 15) is 4.79 Å². The molecule has 28 heavy (non-hydrogen) atoms. The Balaban J connectivity index is 1.44. The molecule has 4 rings (SSSR count). The first-order valence-corrected chi connectivity index (χ1v) is 9.65. The zero-order valence-corrected chi connectivity index (χ0v) is 16.0. The smallest absolute Gasteiger partial charge is 0.266 e. The van der Waals surface area contributed by atoms with E-state index in [2.05, 4.69) is 10.3 Å². The summed E-state index contributed by atoms with van der Waals surface area (Å²) < 4.78 is 12.4. The maximum Gasteiger partial charge on any atom is 0.266 e. The maximum absolute atomic E-state index is 12.4. The number of carbonyl (C=O) groups is 1. The second-order valence-electron chi connectivity index (χ2n) is 6.13. The normalized spacial score (nSPS) is 11.8. The fourth-order valence-corrected chi connectivity index (χ4v) is 3.51. The number of nitrogens with zero attached hydrogens (tertiary/aromatic N) is 1. The van der Waals surface area contributed by atoms with Crippen molar-refractivity contribution in [2.24, 2.45) is 0 Å². The lowest BCUT2D eigenvalue weighted by molar-refractivity contribution is -0.122. The summed E-state index contributed by atoms with van der Waals surface area (Å²) in [4.78, 5) is 16.9. The molecule has 0 saturated carbocycles. The molecule has 6 heteroatoms. The van der Waals surface area contributed by atoms with Crippen LogP contribution in [0.2, 0.25) is 0 Å². The molecule has 0 saturated heterocycles. The number of rotatable bonds is 6. The van der Waals surface area contributed by atoms with Crippen molar-refractivity contribution in [1.29, 1.82) is 0 Å². The highest BCUT2D eigenvalue weighted by Gasteiger charge is 2.17. The van der Waals surface area contributed by atoms with Crippen LogP contribution in [0.1, 0.15) is 6.92 Å². The summed E-state index contributed by atoms with van der Waals surface area (Å²) in [7, 11) is 0. The van der Waals surface area contributed by atoms with Crippen molar-refractivity contribution in [1.82, 2.24) is 4.98 Å². The lowest BCUT2D eigenvalue weighted by Gasteiger charge is -2.13. The topological polar surface area (TPSA) is 60.5 Å². The Morgan fingerprint density at radius 1 is 0.929 bits per heavy atom. The Morgan fingerprint density at radius 3 is 2.32 bits per heavy atom. The molecule has 0 aliphatic heterocycles.